The number of nitrogens with one attached hydrogen (secondary N) is 1. The second-order valence-electron chi connectivity index (χ2n) is 10.3. The van der Waals surface area contributed by atoms with Crippen molar-refractivity contribution in [3.05, 3.63) is 29.8 Å². The molecule has 0 aromatic heterocycles. The van der Waals surface area contributed by atoms with Crippen LogP contribution in [0, 0.1) is 11.8 Å². The van der Waals surface area contributed by atoms with Crippen LogP contribution in [0.1, 0.15) is 78.6 Å². The maximum atomic E-state index is 12.5. The van der Waals surface area contributed by atoms with E-state index in [4.69, 9.17) is 14.2 Å². The standard InChI is InChI=1S/C26H45NO4S2/c1-20(2)11-10-14-27-24(28)22-12-9-13-23(17-22)30-19-26(8,33-32-25(5,6)7)31-16-15-29-18-21(3)4/h9,12-13,17,20-21H,10-11,14-16,18-19H2,1-8H3,(H,27,28). The summed E-state index contributed by atoms with van der Waals surface area (Å²) in [5, 5.41) is 3.00. The smallest absolute Gasteiger partial charge is 0.251 e. The lowest BCUT2D eigenvalue weighted by Gasteiger charge is -2.31. The van der Waals surface area contributed by atoms with Gasteiger partial charge in [-0.05, 0) is 49.8 Å². The average Bonchev–Trinajstić information content (AvgIpc) is 2.73. The van der Waals surface area contributed by atoms with Gasteiger partial charge in [0.15, 0.2) is 4.93 Å². The molecule has 1 rings (SSSR count). The minimum Gasteiger partial charge on any atom is -0.490 e. The molecule has 0 heterocycles. The maximum Gasteiger partial charge on any atom is 0.251 e. The summed E-state index contributed by atoms with van der Waals surface area (Å²) in [4.78, 5) is 11.9. The van der Waals surface area contributed by atoms with Gasteiger partial charge in [0.1, 0.15) is 12.4 Å². The normalized spacial score (nSPS) is 13.9. The van der Waals surface area contributed by atoms with Crippen molar-refractivity contribution in [3.8, 4) is 5.75 Å². The molecule has 0 aliphatic heterocycles. The third-order valence-corrected chi connectivity index (χ3v) is 8.37. The zero-order chi connectivity index (χ0) is 24.9. The molecule has 33 heavy (non-hydrogen) atoms. The summed E-state index contributed by atoms with van der Waals surface area (Å²) in [7, 11) is 3.45. The summed E-state index contributed by atoms with van der Waals surface area (Å²) >= 11 is 0. The summed E-state index contributed by atoms with van der Waals surface area (Å²) in [5.74, 6) is 1.75. The molecule has 5 nitrogen and oxygen atoms in total. The minimum absolute atomic E-state index is 0.0665. The van der Waals surface area contributed by atoms with Crippen molar-refractivity contribution in [2.75, 3.05) is 33.0 Å². The lowest BCUT2D eigenvalue weighted by atomic mass is 10.1. The second-order valence-corrected chi connectivity index (χ2v) is 13.8. The quantitative estimate of drug-likeness (QED) is 0.153. The molecule has 1 amide bonds. The Bertz CT molecular complexity index is 691. The van der Waals surface area contributed by atoms with Crippen molar-refractivity contribution in [3.63, 3.8) is 0 Å². The summed E-state index contributed by atoms with van der Waals surface area (Å²) in [6.45, 7) is 20.1. The van der Waals surface area contributed by atoms with Gasteiger partial charge in [-0.2, -0.15) is 0 Å². The highest BCUT2D eigenvalue weighted by molar-refractivity contribution is 8.77. The Labute approximate surface area is 209 Å². The first-order valence-corrected chi connectivity index (χ1v) is 14.1. The van der Waals surface area contributed by atoms with Crippen LogP contribution in [-0.4, -0.2) is 48.6 Å². The Morgan fingerprint density at radius 1 is 1.03 bits per heavy atom. The number of hydrogen-bond acceptors (Lipinski definition) is 6. The number of benzene rings is 1. The Morgan fingerprint density at radius 2 is 1.76 bits per heavy atom. The van der Waals surface area contributed by atoms with Gasteiger partial charge in [0, 0.05) is 23.5 Å². The van der Waals surface area contributed by atoms with E-state index in [0.29, 0.717) is 49.5 Å². The molecule has 1 atom stereocenters. The molecule has 1 unspecified atom stereocenters. The van der Waals surface area contributed by atoms with Crippen LogP contribution in [0.4, 0.5) is 0 Å². The van der Waals surface area contributed by atoms with E-state index in [9.17, 15) is 4.79 Å². The van der Waals surface area contributed by atoms with Gasteiger partial charge >= 0.3 is 0 Å². The van der Waals surface area contributed by atoms with Crippen LogP contribution >= 0.6 is 21.6 Å². The van der Waals surface area contributed by atoms with E-state index in [1.165, 1.54) is 0 Å². The number of hydrogen-bond donors (Lipinski definition) is 1. The van der Waals surface area contributed by atoms with Gasteiger partial charge in [-0.25, -0.2) is 0 Å². The van der Waals surface area contributed by atoms with Crippen LogP contribution in [0.2, 0.25) is 0 Å². The van der Waals surface area contributed by atoms with Gasteiger partial charge in [-0.15, -0.1) is 0 Å². The van der Waals surface area contributed by atoms with E-state index in [0.717, 1.165) is 19.4 Å². The summed E-state index contributed by atoms with van der Waals surface area (Å²) in [5.41, 5.74) is 0.610. The Hall–Kier alpha value is -0.890. The third-order valence-electron chi connectivity index (χ3n) is 4.40. The monoisotopic (exact) mass is 499 g/mol. The van der Waals surface area contributed by atoms with Crippen molar-refractivity contribution in [1.82, 2.24) is 5.32 Å². The first-order chi connectivity index (χ1) is 15.4. The van der Waals surface area contributed by atoms with E-state index in [1.807, 2.05) is 25.1 Å². The zero-order valence-electron chi connectivity index (χ0n) is 21.9. The van der Waals surface area contributed by atoms with Crippen molar-refractivity contribution >= 4 is 27.5 Å². The van der Waals surface area contributed by atoms with Gasteiger partial charge in [0.05, 0.1) is 13.2 Å². The summed E-state index contributed by atoms with van der Waals surface area (Å²) in [6.07, 6.45) is 2.09. The fourth-order valence-corrected chi connectivity index (χ4v) is 4.93. The van der Waals surface area contributed by atoms with Crippen LogP contribution < -0.4 is 10.1 Å². The Balaban J connectivity index is 2.66. The summed E-state index contributed by atoms with van der Waals surface area (Å²) in [6, 6.07) is 7.35. The zero-order valence-corrected chi connectivity index (χ0v) is 23.5. The van der Waals surface area contributed by atoms with Crippen molar-refractivity contribution < 1.29 is 19.0 Å². The number of rotatable bonds is 16. The molecule has 0 fully saturated rings. The van der Waals surface area contributed by atoms with Gasteiger partial charge in [-0.3, -0.25) is 4.79 Å². The first-order valence-electron chi connectivity index (χ1n) is 12.0. The first kappa shape index (κ1) is 30.1. The predicted octanol–water partition coefficient (Wildman–Crippen LogP) is 6.82. The van der Waals surface area contributed by atoms with Crippen LogP contribution in [0.25, 0.3) is 0 Å². The SMILES string of the molecule is CC(C)CCCNC(=O)c1cccc(OCC(C)(OCCOCC(C)C)SSC(C)(C)C)c1. The fraction of sp³-hybridized carbons (Fsp3) is 0.731. The van der Waals surface area contributed by atoms with E-state index in [2.05, 4.69) is 53.8 Å². The molecule has 0 bridgehead atoms. The molecule has 7 heteroatoms. The van der Waals surface area contributed by atoms with Gasteiger partial charge in [-0.1, -0.05) is 76.1 Å². The number of carbonyl (C=O) groups is 1. The van der Waals surface area contributed by atoms with Crippen molar-refractivity contribution in [2.45, 2.75) is 77.9 Å². The van der Waals surface area contributed by atoms with Gasteiger partial charge in [0.25, 0.3) is 5.91 Å². The highest BCUT2D eigenvalue weighted by atomic mass is 33.1. The van der Waals surface area contributed by atoms with Crippen molar-refractivity contribution in [1.29, 1.82) is 0 Å². The molecule has 0 aliphatic rings. The molecule has 0 aliphatic carbocycles. The van der Waals surface area contributed by atoms with Gasteiger partial charge in [0.2, 0.25) is 0 Å². The van der Waals surface area contributed by atoms with Crippen molar-refractivity contribution in [2.24, 2.45) is 11.8 Å². The molecular weight excluding hydrogens is 454 g/mol. The molecule has 1 aromatic rings. The summed E-state index contributed by atoms with van der Waals surface area (Å²) < 4.78 is 18.1. The molecule has 0 saturated carbocycles. The second kappa shape index (κ2) is 15.2. The van der Waals surface area contributed by atoms with E-state index in [1.54, 1.807) is 27.7 Å². The molecule has 1 N–H and O–H groups in total. The molecule has 0 spiro atoms. The lowest BCUT2D eigenvalue weighted by Crippen LogP contribution is -2.33. The van der Waals surface area contributed by atoms with Crippen LogP contribution in [0.5, 0.6) is 5.75 Å². The fourth-order valence-electron chi connectivity index (χ4n) is 2.69. The van der Waals surface area contributed by atoms with E-state index < -0.39 is 4.93 Å². The molecule has 190 valence electrons. The number of amides is 1. The lowest BCUT2D eigenvalue weighted by molar-refractivity contribution is -0.0275. The average molecular weight is 500 g/mol. The Morgan fingerprint density at radius 3 is 2.39 bits per heavy atom. The largest absolute Gasteiger partial charge is 0.490 e. The maximum absolute atomic E-state index is 12.5. The number of carbonyl (C=O) groups excluding carboxylic acids is 1. The molecule has 0 radical (unpaired) electrons. The Kier molecular flexibility index (Phi) is 13.9. The number of ether oxygens (including phenoxy) is 3. The predicted molar refractivity (Wildman–Crippen MR) is 143 cm³/mol. The minimum atomic E-state index is -0.547. The molecule has 0 saturated heterocycles. The third kappa shape index (κ3) is 14.9. The topological polar surface area (TPSA) is 56.8 Å². The van der Waals surface area contributed by atoms with Crippen LogP contribution in [0.3, 0.4) is 0 Å². The van der Waals surface area contributed by atoms with E-state index in [-0.39, 0.29) is 10.7 Å². The van der Waals surface area contributed by atoms with E-state index >= 15 is 0 Å². The van der Waals surface area contributed by atoms with Crippen LogP contribution in [-0.2, 0) is 9.47 Å². The molecule has 1 aromatic carbocycles. The highest BCUT2D eigenvalue weighted by Gasteiger charge is 2.30. The van der Waals surface area contributed by atoms with Crippen LogP contribution in [0.15, 0.2) is 24.3 Å². The van der Waals surface area contributed by atoms with Gasteiger partial charge < -0.3 is 19.5 Å². The molecular formula is C26H45NO4S2. The highest BCUT2D eigenvalue weighted by Crippen LogP contribution is 2.44.